The zero-order chi connectivity index (χ0) is 20.4. The van der Waals surface area contributed by atoms with Gasteiger partial charge in [-0.3, -0.25) is 14.6 Å². The summed E-state index contributed by atoms with van der Waals surface area (Å²) < 4.78 is 5.56. The topological polar surface area (TPSA) is 83.4 Å². The van der Waals surface area contributed by atoms with E-state index in [4.69, 9.17) is 4.74 Å². The lowest BCUT2D eigenvalue weighted by molar-refractivity contribution is -0.121. The van der Waals surface area contributed by atoms with Crippen LogP contribution in [0.5, 0.6) is 5.75 Å². The summed E-state index contributed by atoms with van der Waals surface area (Å²) in [5.74, 6) is 0.517. The SMILES string of the molecule is CCCNC(=O)CCOc1ccc(C(=O)c2ccc(/N=N/N(C)C)cc2)cc1. The lowest BCUT2D eigenvalue weighted by Gasteiger charge is -2.08. The first-order valence-corrected chi connectivity index (χ1v) is 9.23. The van der Waals surface area contributed by atoms with Crippen LogP contribution in [-0.4, -0.2) is 43.9 Å². The van der Waals surface area contributed by atoms with Crippen molar-refractivity contribution in [1.29, 1.82) is 0 Å². The highest BCUT2D eigenvalue weighted by Crippen LogP contribution is 2.18. The molecule has 0 saturated heterocycles. The first kappa shape index (κ1) is 21.1. The molecule has 28 heavy (non-hydrogen) atoms. The largest absolute Gasteiger partial charge is 0.493 e. The molecule has 0 fully saturated rings. The highest BCUT2D eigenvalue weighted by atomic mass is 16.5. The minimum atomic E-state index is -0.0819. The van der Waals surface area contributed by atoms with Gasteiger partial charge in [-0.25, -0.2) is 0 Å². The average Bonchev–Trinajstić information content (AvgIpc) is 2.71. The van der Waals surface area contributed by atoms with Gasteiger partial charge in [-0.2, -0.15) is 0 Å². The molecule has 0 unspecified atom stereocenters. The number of nitrogens with one attached hydrogen (secondary N) is 1. The Kier molecular flexibility index (Phi) is 8.14. The molecule has 148 valence electrons. The third kappa shape index (κ3) is 6.83. The van der Waals surface area contributed by atoms with E-state index in [0.29, 0.717) is 42.1 Å². The molecule has 0 aliphatic carbocycles. The standard InChI is InChI=1S/C21H26N4O3/c1-4-14-22-20(26)13-15-28-19-11-7-17(8-12-19)21(27)16-5-9-18(10-6-16)23-24-25(2)3/h5-12H,4,13-15H2,1-3H3,(H,22,26)/b24-23+. The number of carbonyl (C=O) groups excluding carboxylic acids is 2. The van der Waals surface area contributed by atoms with E-state index in [-0.39, 0.29) is 11.7 Å². The van der Waals surface area contributed by atoms with Gasteiger partial charge in [-0.15, -0.1) is 5.11 Å². The van der Waals surface area contributed by atoms with Crippen molar-refractivity contribution in [3.63, 3.8) is 0 Å². The molecule has 0 aliphatic rings. The second kappa shape index (κ2) is 10.8. The molecule has 0 aliphatic heterocycles. The van der Waals surface area contributed by atoms with E-state index < -0.39 is 0 Å². The molecular formula is C21H26N4O3. The molecular weight excluding hydrogens is 356 g/mol. The van der Waals surface area contributed by atoms with E-state index in [0.717, 1.165) is 6.42 Å². The molecule has 1 N–H and O–H groups in total. The Labute approximate surface area is 165 Å². The Hall–Kier alpha value is -3.22. The Balaban J connectivity index is 1.90. The van der Waals surface area contributed by atoms with E-state index in [2.05, 4.69) is 15.7 Å². The van der Waals surface area contributed by atoms with Gasteiger partial charge in [0, 0.05) is 31.8 Å². The quantitative estimate of drug-likeness (QED) is 0.385. The van der Waals surface area contributed by atoms with Crippen LogP contribution in [-0.2, 0) is 4.79 Å². The molecule has 0 radical (unpaired) electrons. The average molecular weight is 382 g/mol. The van der Waals surface area contributed by atoms with Crippen LogP contribution in [0.2, 0.25) is 0 Å². The summed E-state index contributed by atoms with van der Waals surface area (Å²) >= 11 is 0. The van der Waals surface area contributed by atoms with Gasteiger partial charge in [-0.1, -0.05) is 12.1 Å². The van der Waals surface area contributed by atoms with Crippen LogP contribution in [0.15, 0.2) is 58.9 Å². The Morgan fingerprint density at radius 2 is 1.61 bits per heavy atom. The van der Waals surface area contributed by atoms with Crippen LogP contribution < -0.4 is 10.1 Å². The zero-order valence-electron chi connectivity index (χ0n) is 16.5. The molecule has 0 atom stereocenters. The number of amides is 1. The fourth-order valence-electron chi connectivity index (χ4n) is 2.30. The van der Waals surface area contributed by atoms with Crippen LogP contribution in [0.4, 0.5) is 5.69 Å². The van der Waals surface area contributed by atoms with Crippen molar-refractivity contribution in [2.24, 2.45) is 10.3 Å². The van der Waals surface area contributed by atoms with Crippen molar-refractivity contribution < 1.29 is 14.3 Å². The normalized spacial score (nSPS) is 10.7. The van der Waals surface area contributed by atoms with Crippen molar-refractivity contribution in [2.75, 3.05) is 27.2 Å². The lowest BCUT2D eigenvalue weighted by Crippen LogP contribution is -2.25. The molecule has 7 heteroatoms. The van der Waals surface area contributed by atoms with Gasteiger partial charge < -0.3 is 10.1 Å². The van der Waals surface area contributed by atoms with Crippen LogP contribution >= 0.6 is 0 Å². The number of ether oxygens (including phenoxy) is 1. The van der Waals surface area contributed by atoms with E-state index in [1.807, 2.05) is 6.92 Å². The molecule has 0 spiro atoms. The molecule has 2 aromatic rings. The molecule has 0 aromatic heterocycles. The van der Waals surface area contributed by atoms with Crippen molar-refractivity contribution in [3.8, 4) is 5.75 Å². The monoisotopic (exact) mass is 382 g/mol. The highest BCUT2D eigenvalue weighted by Gasteiger charge is 2.09. The first-order valence-electron chi connectivity index (χ1n) is 9.23. The fraction of sp³-hybridized carbons (Fsp3) is 0.333. The smallest absolute Gasteiger partial charge is 0.223 e. The lowest BCUT2D eigenvalue weighted by atomic mass is 10.0. The van der Waals surface area contributed by atoms with Gasteiger partial charge in [0.15, 0.2) is 5.78 Å². The third-order valence-corrected chi connectivity index (χ3v) is 3.76. The van der Waals surface area contributed by atoms with Crippen molar-refractivity contribution in [2.45, 2.75) is 19.8 Å². The summed E-state index contributed by atoms with van der Waals surface area (Å²) in [4.78, 5) is 24.1. The second-order valence-corrected chi connectivity index (χ2v) is 6.39. The Morgan fingerprint density at radius 3 is 2.18 bits per heavy atom. The van der Waals surface area contributed by atoms with Gasteiger partial charge in [0.25, 0.3) is 0 Å². The Bertz CT molecular complexity index is 799. The minimum Gasteiger partial charge on any atom is -0.493 e. The maximum atomic E-state index is 12.6. The van der Waals surface area contributed by atoms with E-state index in [1.54, 1.807) is 67.6 Å². The number of rotatable bonds is 10. The van der Waals surface area contributed by atoms with E-state index in [1.165, 1.54) is 0 Å². The number of nitrogens with zero attached hydrogens (tertiary/aromatic N) is 3. The fourth-order valence-corrected chi connectivity index (χ4v) is 2.30. The number of ketones is 1. The van der Waals surface area contributed by atoms with Crippen LogP contribution in [0.1, 0.15) is 35.7 Å². The molecule has 0 heterocycles. The maximum Gasteiger partial charge on any atom is 0.223 e. The van der Waals surface area contributed by atoms with Crippen molar-refractivity contribution in [3.05, 3.63) is 59.7 Å². The van der Waals surface area contributed by atoms with Gasteiger partial charge in [-0.05, 0) is 55.0 Å². The number of hydrogen-bond donors (Lipinski definition) is 1. The summed E-state index contributed by atoms with van der Waals surface area (Å²) in [6.07, 6.45) is 1.21. The van der Waals surface area contributed by atoms with Gasteiger partial charge in [0.2, 0.25) is 5.91 Å². The highest BCUT2D eigenvalue weighted by molar-refractivity contribution is 6.09. The molecule has 0 saturated carbocycles. The second-order valence-electron chi connectivity index (χ2n) is 6.39. The van der Waals surface area contributed by atoms with Gasteiger partial charge >= 0.3 is 0 Å². The predicted molar refractivity (Wildman–Crippen MR) is 108 cm³/mol. The molecule has 0 bridgehead atoms. The summed E-state index contributed by atoms with van der Waals surface area (Å²) in [6, 6.07) is 13.9. The number of benzene rings is 2. The van der Waals surface area contributed by atoms with Crippen LogP contribution in [0.3, 0.4) is 0 Å². The van der Waals surface area contributed by atoms with Crippen LogP contribution in [0.25, 0.3) is 0 Å². The maximum absolute atomic E-state index is 12.6. The Morgan fingerprint density at radius 1 is 1.00 bits per heavy atom. The van der Waals surface area contributed by atoms with E-state index >= 15 is 0 Å². The summed E-state index contributed by atoms with van der Waals surface area (Å²) in [5, 5.41) is 12.4. The molecule has 7 nitrogen and oxygen atoms in total. The number of carbonyl (C=O) groups is 2. The molecule has 2 rings (SSSR count). The van der Waals surface area contributed by atoms with Crippen LogP contribution in [0, 0.1) is 0 Å². The molecule has 2 aromatic carbocycles. The minimum absolute atomic E-state index is 0.0257. The molecule has 1 amide bonds. The summed E-state index contributed by atoms with van der Waals surface area (Å²) in [6.45, 7) is 2.98. The van der Waals surface area contributed by atoms with Crippen molar-refractivity contribution >= 4 is 17.4 Å². The third-order valence-electron chi connectivity index (χ3n) is 3.76. The first-order chi connectivity index (χ1) is 13.5. The number of hydrogen-bond acceptors (Lipinski definition) is 5. The zero-order valence-corrected chi connectivity index (χ0v) is 16.5. The van der Waals surface area contributed by atoms with Gasteiger partial charge in [0.1, 0.15) is 5.75 Å². The van der Waals surface area contributed by atoms with E-state index in [9.17, 15) is 9.59 Å². The summed E-state index contributed by atoms with van der Waals surface area (Å²) in [5.41, 5.74) is 1.82. The predicted octanol–water partition coefficient (Wildman–Crippen LogP) is 3.77. The van der Waals surface area contributed by atoms with Gasteiger partial charge in [0.05, 0.1) is 18.7 Å². The van der Waals surface area contributed by atoms with Crippen molar-refractivity contribution in [1.82, 2.24) is 10.3 Å². The summed E-state index contributed by atoms with van der Waals surface area (Å²) in [7, 11) is 3.58.